The van der Waals surface area contributed by atoms with Crippen LogP contribution in [0.25, 0.3) is 0 Å². The summed E-state index contributed by atoms with van der Waals surface area (Å²) in [4.78, 5) is 12.6. The predicted molar refractivity (Wildman–Crippen MR) is 99.1 cm³/mol. The molecule has 1 aromatic carbocycles. The van der Waals surface area contributed by atoms with Crippen LogP contribution in [0.3, 0.4) is 0 Å². The highest BCUT2D eigenvalue weighted by atomic mass is 16.5. The van der Waals surface area contributed by atoms with Crippen molar-refractivity contribution in [2.24, 2.45) is 5.92 Å². The molecule has 0 aliphatic heterocycles. The normalized spacial score (nSPS) is 18.1. The molecule has 1 aliphatic rings. The van der Waals surface area contributed by atoms with E-state index in [2.05, 4.69) is 10.4 Å². The molecule has 7 nitrogen and oxygen atoms in total. The highest BCUT2D eigenvalue weighted by Gasteiger charge is 2.46. The van der Waals surface area contributed by atoms with Gasteiger partial charge in [-0.3, -0.25) is 4.79 Å². The average molecular weight is 367 g/mol. The molecule has 4 rings (SSSR count). The van der Waals surface area contributed by atoms with Crippen molar-refractivity contribution in [1.82, 2.24) is 9.78 Å². The number of methoxy groups -OCH3 is 2. The highest BCUT2D eigenvalue weighted by molar-refractivity contribution is 5.94. The highest BCUT2D eigenvalue weighted by Crippen LogP contribution is 2.48. The molecule has 2 atom stereocenters. The molecular weight excluding hydrogens is 346 g/mol. The van der Waals surface area contributed by atoms with Gasteiger partial charge in [0.1, 0.15) is 11.6 Å². The van der Waals surface area contributed by atoms with Gasteiger partial charge < -0.3 is 19.2 Å². The number of aromatic nitrogens is 2. The Morgan fingerprint density at radius 2 is 2.15 bits per heavy atom. The Hall–Kier alpha value is -3.22. The maximum atomic E-state index is 12.6. The van der Waals surface area contributed by atoms with Crippen LogP contribution in [0.15, 0.2) is 53.3 Å². The Bertz CT molecular complexity index is 933. The van der Waals surface area contributed by atoms with Crippen molar-refractivity contribution >= 4 is 11.7 Å². The third-order valence-electron chi connectivity index (χ3n) is 4.81. The molecule has 2 heterocycles. The summed E-state index contributed by atoms with van der Waals surface area (Å²) in [5.74, 6) is 2.91. The van der Waals surface area contributed by atoms with E-state index in [1.807, 2.05) is 30.3 Å². The van der Waals surface area contributed by atoms with Crippen LogP contribution in [0.5, 0.6) is 11.5 Å². The molecular formula is C20H21N3O4. The van der Waals surface area contributed by atoms with Gasteiger partial charge in [-0.2, -0.15) is 5.10 Å². The Morgan fingerprint density at radius 1 is 1.26 bits per heavy atom. The summed E-state index contributed by atoms with van der Waals surface area (Å²) in [7, 11) is 3.21. The molecule has 7 heteroatoms. The van der Waals surface area contributed by atoms with E-state index in [0.29, 0.717) is 23.9 Å². The zero-order valence-corrected chi connectivity index (χ0v) is 15.2. The Kier molecular flexibility index (Phi) is 4.58. The van der Waals surface area contributed by atoms with E-state index >= 15 is 0 Å². The minimum Gasteiger partial charge on any atom is -0.493 e. The second kappa shape index (κ2) is 7.19. The topological polar surface area (TPSA) is 78.5 Å². The first-order valence-corrected chi connectivity index (χ1v) is 8.77. The van der Waals surface area contributed by atoms with Gasteiger partial charge in [0.2, 0.25) is 5.91 Å². The molecule has 0 radical (unpaired) electrons. The van der Waals surface area contributed by atoms with Crippen LogP contribution in [0.1, 0.15) is 23.7 Å². The van der Waals surface area contributed by atoms with Crippen LogP contribution in [0.4, 0.5) is 5.82 Å². The lowest BCUT2D eigenvalue weighted by atomic mass is 10.2. The third-order valence-corrected chi connectivity index (χ3v) is 4.81. The lowest BCUT2D eigenvalue weighted by Gasteiger charge is -2.14. The summed E-state index contributed by atoms with van der Waals surface area (Å²) in [6.07, 6.45) is 4.11. The van der Waals surface area contributed by atoms with Crippen LogP contribution < -0.4 is 14.8 Å². The first kappa shape index (κ1) is 17.2. The molecule has 27 heavy (non-hydrogen) atoms. The van der Waals surface area contributed by atoms with Crippen LogP contribution >= 0.6 is 0 Å². The fourth-order valence-electron chi connectivity index (χ4n) is 3.32. The van der Waals surface area contributed by atoms with Gasteiger partial charge in [-0.1, -0.05) is 12.1 Å². The van der Waals surface area contributed by atoms with Crippen molar-refractivity contribution < 1.29 is 18.7 Å². The lowest BCUT2D eigenvalue weighted by molar-refractivity contribution is -0.117. The minimum atomic E-state index is -0.0640. The van der Waals surface area contributed by atoms with Crippen LogP contribution in [0.2, 0.25) is 0 Å². The van der Waals surface area contributed by atoms with Crippen LogP contribution in [0, 0.1) is 5.92 Å². The van der Waals surface area contributed by atoms with E-state index in [1.54, 1.807) is 37.4 Å². The molecule has 1 N–H and O–H groups in total. The van der Waals surface area contributed by atoms with Crippen molar-refractivity contribution in [2.75, 3.05) is 19.5 Å². The largest absolute Gasteiger partial charge is 0.493 e. The van der Waals surface area contributed by atoms with Gasteiger partial charge in [-0.05, 0) is 24.6 Å². The number of carbonyl (C=O) groups excluding carboxylic acids is 1. The molecule has 0 saturated heterocycles. The lowest BCUT2D eigenvalue weighted by Crippen LogP contribution is -2.18. The van der Waals surface area contributed by atoms with Gasteiger partial charge in [-0.25, -0.2) is 4.68 Å². The van der Waals surface area contributed by atoms with E-state index in [0.717, 1.165) is 17.7 Å². The van der Waals surface area contributed by atoms with Gasteiger partial charge in [0.15, 0.2) is 11.5 Å². The molecule has 1 fully saturated rings. The van der Waals surface area contributed by atoms with Crippen molar-refractivity contribution in [1.29, 1.82) is 0 Å². The summed E-state index contributed by atoms with van der Waals surface area (Å²) in [6.45, 7) is 0.454. The monoisotopic (exact) mass is 367 g/mol. The number of benzene rings is 1. The number of ether oxygens (including phenoxy) is 2. The number of amides is 1. The average Bonchev–Trinajstić information content (AvgIpc) is 3.08. The van der Waals surface area contributed by atoms with Crippen molar-refractivity contribution in [3.63, 3.8) is 0 Å². The van der Waals surface area contributed by atoms with Gasteiger partial charge in [0.25, 0.3) is 0 Å². The molecule has 140 valence electrons. The standard InChI is InChI=1S/C20H21N3O4/c1-25-17-6-3-5-13(19(17)26-2)12-23-18(8-9-21-23)22-20(24)15-11-14(15)16-7-4-10-27-16/h3-10,14-15H,11-12H2,1-2H3,(H,22,24). The summed E-state index contributed by atoms with van der Waals surface area (Å²) in [5.41, 5.74) is 0.913. The number of carbonyl (C=O) groups is 1. The Balaban J connectivity index is 1.47. The van der Waals surface area contributed by atoms with E-state index in [9.17, 15) is 4.79 Å². The molecule has 3 aromatic rings. The first-order valence-electron chi connectivity index (χ1n) is 8.77. The van der Waals surface area contributed by atoms with Gasteiger partial charge in [0.05, 0.1) is 33.2 Å². The van der Waals surface area contributed by atoms with Gasteiger partial charge in [-0.15, -0.1) is 0 Å². The number of hydrogen-bond acceptors (Lipinski definition) is 5. The van der Waals surface area contributed by atoms with E-state index < -0.39 is 0 Å². The Labute approximate surface area is 156 Å². The summed E-state index contributed by atoms with van der Waals surface area (Å²) < 4.78 is 18.0. The summed E-state index contributed by atoms with van der Waals surface area (Å²) in [5, 5.41) is 7.31. The zero-order valence-electron chi connectivity index (χ0n) is 15.2. The number of para-hydroxylation sites is 1. The van der Waals surface area contributed by atoms with Gasteiger partial charge in [0, 0.05) is 23.5 Å². The van der Waals surface area contributed by atoms with E-state index in [4.69, 9.17) is 13.9 Å². The summed E-state index contributed by atoms with van der Waals surface area (Å²) >= 11 is 0. The minimum absolute atomic E-state index is 0.0178. The number of furan rings is 1. The fraction of sp³-hybridized carbons (Fsp3) is 0.300. The number of rotatable bonds is 7. The predicted octanol–water partition coefficient (Wildman–Crippen LogP) is 3.28. The summed E-state index contributed by atoms with van der Waals surface area (Å²) in [6, 6.07) is 11.2. The molecule has 1 aliphatic carbocycles. The molecule has 1 saturated carbocycles. The number of hydrogen-bond donors (Lipinski definition) is 1. The van der Waals surface area contributed by atoms with E-state index in [1.165, 1.54) is 0 Å². The van der Waals surface area contributed by atoms with E-state index in [-0.39, 0.29) is 17.7 Å². The maximum absolute atomic E-state index is 12.6. The number of anilines is 1. The van der Waals surface area contributed by atoms with Crippen molar-refractivity contribution in [3.8, 4) is 11.5 Å². The quantitative estimate of drug-likeness (QED) is 0.693. The molecule has 2 aromatic heterocycles. The first-order chi connectivity index (χ1) is 13.2. The SMILES string of the molecule is COc1cccc(Cn2nccc2NC(=O)C2CC2c2ccco2)c1OC. The zero-order chi connectivity index (χ0) is 18.8. The molecule has 2 unspecified atom stereocenters. The second-order valence-corrected chi connectivity index (χ2v) is 6.48. The maximum Gasteiger partial charge on any atom is 0.229 e. The molecule has 0 spiro atoms. The van der Waals surface area contributed by atoms with Crippen LogP contribution in [-0.4, -0.2) is 29.9 Å². The van der Waals surface area contributed by atoms with Crippen molar-refractivity contribution in [2.45, 2.75) is 18.9 Å². The smallest absolute Gasteiger partial charge is 0.229 e. The number of nitrogens with zero attached hydrogens (tertiary/aromatic N) is 2. The molecule has 0 bridgehead atoms. The second-order valence-electron chi connectivity index (χ2n) is 6.48. The third kappa shape index (κ3) is 3.40. The van der Waals surface area contributed by atoms with Crippen LogP contribution in [-0.2, 0) is 11.3 Å². The van der Waals surface area contributed by atoms with Gasteiger partial charge >= 0.3 is 0 Å². The molecule has 1 amide bonds. The number of nitrogens with one attached hydrogen (secondary N) is 1. The Morgan fingerprint density at radius 3 is 2.89 bits per heavy atom. The van der Waals surface area contributed by atoms with Crippen molar-refractivity contribution in [3.05, 3.63) is 60.2 Å². The fourth-order valence-corrected chi connectivity index (χ4v) is 3.32.